The van der Waals surface area contributed by atoms with E-state index in [4.69, 9.17) is 11.6 Å². The minimum Gasteiger partial charge on any atom is -0.313 e. The van der Waals surface area contributed by atoms with Gasteiger partial charge in [-0.25, -0.2) is 0 Å². The van der Waals surface area contributed by atoms with Crippen molar-refractivity contribution in [3.8, 4) is 0 Å². The van der Waals surface area contributed by atoms with Crippen molar-refractivity contribution in [2.45, 2.75) is 9.79 Å². The predicted octanol–water partition coefficient (Wildman–Crippen LogP) is 3.19. The van der Waals surface area contributed by atoms with Crippen LogP contribution in [0.25, 0.3) is 0 Å². The van der Waals surface area contributed by atoms with Gasteiger partial charge in [0.1, 0.15) is 0 Å². The number of ketones is 1. The van der Waals surface area contributed by atoms with Crippen LogP contribution in [-0.4, -0.2) is 31.9 Å². The standard InChI is InChI=1S/C11H14ClNOS2/c1-13-6-9(14)7-4-8(12)11(16-3)10(5-7)15-2/h4-5,13H,6H2,1-3H3. The quantitative estimate of drug-likeness (QED) is 0.660. The van der Waals surface area contributed by atoms with Crippen molar-refractivity contribution in [3.63, 3.8) is 0 Å². The van der Waals surface area contributed by atoms with Gasteiger partial charge < -0.3 is 5.32 Å². The number of hydrogen-bond acceptors (Lipinski definition) is 4. The smallest absolute Gasteiger partial charge is 0.176 e. The van der Waals surface area contributed by atoms with E-state index in [1.54, 1.807) is 36.6 Å². The number of carbonyl (C=O) groups is 1. The first-order valence-corrected chi connectivity index (χ1v) is 7.56. The molecule has 5 heteroatoms. The molecule has 1 aromatic rings. The Kier molecular flexibility index (Phi) is 5.69. The molecule has 0 saturated heterocycles. The highest BCUT2D eigenvalue weighted by Crippen LogP contribution is 2.35. The summed E-state index contributed by atoms with van der Waals surface area (Å²) in [5, 5.41) is 3.50. The zero-order chi connectivity index (χ0) is 12.1. The zero-order valence-electron chi connectivity index (χ0n) is 9.46. The van der Waals surface area contributed by atoms with E-state index in [-0.39, 0.29) is 5.78 Å². The second-order valence-corrected chi connectivity index (χ2v) is 5.22. The summed E-state index contributed by atoms with van der Waals surface area (Å²) < 4.78 is 0. The Morgan fingerprint density at radius 1 is 1.38 bits per heavy atom. The molecule has 1 aromatic carbocycles. The Balaban J connectivity index is 3.15. The van der Waals surface area contributed by atoms with E-state index in [0.29, 0.717) is 17.1 Å². The fourth-order valence-electron chi connectivity index (χ4n) is 1.34. The first kappa shape index (κ1) is 13.9. The van der Waals surface area contributed by atoms with Crippen molar-refractivity contribution in [2.24, 2.45) is 0 Å². The van der Waals surface area contributed by atoms with Crippen molar-refractivity contribution in [1.82, 2.24) is 5.32 Å². The second kappa shape index (κ2) is 6.55. The van der Waals surface area contributed by atoms with Gasteiger partial charge in [0.25, 0.3) is 0 Å². The third kappa shape index (κ3) is 3.17. The third-order valence-corrected chi connectivity index (χ3v) is 4.24. The van der Waals surface area contributed by atoms with Crippen molar-refractivity contribution in [3.05, 3.63) is 22.7 Å². The summed E-state index contributed by atoms with van der Waals surface area (Å²) in [6.07, 6.45) is 3.97. The van der Waals surface area contributed by atoms with Crippen molar-refractivity contribution in [2.75, 3.05) is 26.1 Å². The number of carbonyl (C=O) groups excluding carboxylic acids is 1. The SMILES string of the molecule is CNCC(=O)c1cc(Cl)c(SC)c(SC)c1. The molecular formula is C11H14ClNOS2. The topological polar surface area (TPSA) is 29.1 Å². The van der Waals surface area contributed by atoms with Crippen molar-refractivity contribution < 1.29 is 4.79 Å². The van der Waals surface area contributed by atoms with Gasteiger partial charge in [0.2, 0.25) is 0 Å². The molecule has 2 nitrogen and oxygen atoms in total. The summed E-state index contributed by atoms with van der Waals surface area (Å²) in [6, 6.07) is 3.65. The third-order valence-electron chi connectivity index (χ3n) is 2.09. The molecule has 0 aromatic heterocycles. The average Bonchev–Trinajstić information content (AvgIpc) is 2.28. The molecule has 0 radical (unpaired) electrons. The number of hydrogen-bond donors (Lipinski definition) is 1. The molecule has 0 bridgehead atoms. The summed E-state index contributed by atoms with van der Waals surface area (Å²) in [4.78, 5) is 13.8. The molecule has 16 heavy (non-hydrogen) atoms. The maximum atomic E-state index is 11.7. The molecule has 0 unspecified atom stereocenters. The van der Waals surface area contributed by atoms with Crippen LogP contribution in [0.1, 0.15) is 10.4 Å². The molecule has 0 aliphatic carbocycles. The van der Waals surface area contributed by atoms with E-state index >= 15 is 0 Å². The summed E-state index contributed by atoms with van der Waals surface area (Å²) in [5.74, 6) is 0.0624. The molecule has 88 valence electrons. The fourth-order valence-corrected chi connectivity index (χ4v) is 3.40. The molecule has 1 rings (SSSR count). The highest BCUT2D eigenvalue weighted by molar-refractivity contribution is 8.01. The molecule has 0 heterocycles. The molecule has 0 fully saturated rings. The van der Waals surface area contributed by atoms with Gasteiger partial charge in [0, 0.05) is 15.4 Å². The molecule has 0 saturated carbocycles. The van der Waals surface area contributed by atoms with Gasteiger partial charge in [-0.05, 0) is 31.7 Å². The predicted molar refractivity (Wildman–Crippen MR) is 73.3 cm³/mol. The highest BCUT2D eigenvalue weighted by atomic mass is 35.5. The Hall–Kier alpha value is -0.160. The van der Waals surface area contributed by atoms with Crippen molar-refractivity contribution in [1.29, 1.82) is 0 Å². The van der Waals surface area contributed by atoms with Crippen LogP contribution < -0.4 is 5.32 Å². The number of halogens is 1. The van der Waals surface area contributed by atoms with Crippen LogP contribution in [0.5, 0.6) is 0 Å². The van der Waals surface area contributed by atoms with Crippen LogP contribution in [0.15, 0.2) is 21.9 Å². The van der Waals surface area contributed by atoms with Gasteiger partial charge in [-0.2, -0.15) is 0 Å². The Morgan fingerprint density at radius 3 is 2.56 bits per heavy atom. The summed E-state index contributed by atoms with van der Waals surface area (Å²) in [5.41, 5.74) is 0.668. The Bertz CT molecular complexity index is 396. The maximum Gasteiger partial charge on any atom is 0.176 e. The zero-order valence-corrected chi connectivity index (χ0v) is 11.9. The number of likely N-dealkylation sites (N-methyl/N-ethyl adjacent to an activating group) is 1. The lowest BCUT2D eigenvalue weighted by Gasteiger charge is -2.09. The Labute approximate surface area is 110 Å². The molecule has 1 N–H and O–H groups in total. The monoisotopic (exact) mass is 275 g/mol. The van der Waals surface area contributed by atoms with Gasteiger partial charge in [0.15, 0.2) is 5.78 Å². The molecule has 0 amide bonds. The van der Waals surface area contributed by atoms with E-state index in [1.807, 2.05) is 18.6 Å². The van der Waals surface area contributed by atoms with E-state index in [1.165, 1.54) is 0 Å². The van der Waals surface area contributed by atoms with Crippen LogP contribution in [0.2, 0.25) is 5.02 Å². The number of thioether (sulfide) groups is 2. The van der Waals surface area contributed by atoms with E-state index in [9.17, 15) is 4.79 Å². The van der Waals surface area contributed by atoms with Crippen LogP contribution >= 0.6 is 35.1 Å². The van der Waals surface area contributed by atoms with E-state index in [2.05, 4.69) is 5.32 Å². The van der Waals surface area contributed by atoms with Crippen LogP contribution in [0.4, 0.5) is 0 Å². The molecule has 0 atom stereocenters. The minimum absolute atomic E-state index is 0.0624. The van der Waals surface area contributed by atoms with Gasteiger partial charge in [-0.1, -0.05) is 11.6 Å². The largest absolute Gasteiger partial charge is 0.313 e. The van der Waals surface area contributed by atoms with Gasteiger partial charge in [-0.3, -0.25) is 4.79 Å². The number of benzene rings is 1. The van der Waals surface area contributed by atoms with Gasteiger partial charge >= 0.3 is 0 Å². The van der Waals surface area contributed by atoms with Crippen LogP contribution in [0.3, 0.4) is 0 Å². The van der Waals surface area contributed by atoms with Crippen LogP contribution in [-0.2, 0) is 0 Å². The number of rotatable bonds is 5. The Morgan fingerprint density at radius 2 is 2.06 bits per heavy atom. The first-order valence-electron chi connectivity index (χ1n) is 4.73. The molecular weight excluding hydrogens is 262 g/mol. The molecule has 0 spiro atoms. The normalized spacial score (nSPS) is 10.5. The summed E-state index contributed by atoms with van der Waals surface area (Å²) in [6.45, 7) is 0.336. The fraction of sp³-hybridized carbons (Fsp3) is 0.364. The number of Topliss-reactive ketones (excluding diaryl/α,β-unsaturated/α-hetero) is 1. The molecule has 0 aliphatic rings. The highest BCUT2D eigenvalue weighted by Gasteiger charge is 2.12. The average molecular weight is 276 g/mol. The second-order valence-electron chi connectivity index (χ2n) is 3.15. The lowest BCUT2D eigenvalue weighted by Crippen LogP contribution is -2.18. The van der Waals surface area contributed by atoms with Crippen molar-refractivity contribution >= 4 is 40.9 Å². The summed E-state index contributed by atoms with van der Waals surface area (Å²) >= 11 is 9.36. The summed E-state index contributed by atoms with van der Waals surface area (Å²) in [7, 11) is 1.76. The number of nitrogens with one attached hydrogen (secondary N) is 1. The van der Waals surface area contributed by atoms with Crippen LogP contribution in [0, 0.1) is 0 Å². The minimum atomic E-state index is 0.0624. The van der Waals surface area contributed by atoms with E-state index < -0.39 is 0 Å². The maximum absolute atomic E-state index is 11.7. The van der Waals surface area contributed by atoms with Gasteiger partial charge in [-0.15, -0.1) is 23.5 Å². The first-order chi connectivity index (χ1) is 7.63. The lowest BCUT2D eigenvalue weighted by atomic mass is 10.1. The van der Waals surface area contributed by atoms with E-state index in [0.717, 1.165) is 9.79 Å². The molecule has 0 aliphatic heterocycles. The lowest BCUT2D eigenvalue weighted by molar-refractivity contribution is 0.0993. The van der Waals surface area contributed by atoms with Gasteiger partial charge in [0.05, 0.1) is 11.6 Å².